The number of nitrogens with zero attached hydrogens (tertiary/aromatic N) is 4. The highest BCUT2D eigenvalue weighted by Gasteiger charge is 2.42. The Morgan fingerprint density at radius 1 is 1.39 bits per heavy atom. The van der Waals surface area contributed by atoms with Crippen LogP contribution in [0.4, 0.5) is 4.39 Å². The third-order valence-corrected chi connectivity index (χ3v) is 5.43. The molecule has 2 heterocycles. The van der Waals surface area contributed by atoms with Gasteiger partial charge in [0.25, 0.3) is 0 Å². The molecule has 1 saturated carbocycles. The van der Waals surface area contributed by atoms with Crippen molar-refractivity contribution < 1.29 is 4.39 Å². The molecular formula is C19H25ClFIN6. The molecule has 4 rings (SSSR count). The molecule has 6 nitrogen and oxygen atoms in total. The van der Waals surface area contributed by atoms with Crippen LogP contribution >= 0.6 is 35.6 Å². The molecule has 9 heteroatoms. The van der Waals surface area contributed by atoms with E-state index in [2.05, 4.69) is 25.7 Å². The van der Waals surface area contributed by atoms with E-state index < -0.39 is 0 Å². The Balaban J connectivity index is 0.00000225. The van der Waals surface area contributed by atoms with Crippen LogP contribution in [0.2, 0.25) is 5.02 Å². The van der Waals surface area contributed by atoms with Crippen LogP contribution in [0, 0.1) is 12.7 Å². The van der Waals surface area contributed by atoms with Crippen LogP contribution in [0.5, 0.6) is 0 Å². The fourth-order valence-electron chi connectivity index (χ4n) is 3.75. The second-order valence-electron chi connectivity index (χ2n) is 7.19. The Hall–Kier alpha value is -1.42. The van der Waals surface area contributed by atoms with Crippen LogP contribution in [0.3, 0.4) is 0 Å². The van der Waals surface area contributed by atoms with E-state index in [-0.39, 0.29) is 47.8 Å². The smallest absolute Gasteiger partial charge is 0.191 e. The molecule has 2 N–H and O–H groups in total. The lowest BCUT2D eigenvalue weighted by atomic mass is 10.1. The number of nitrogens with one attached hydrogen (secondary N) is 2. The van der Waals surface area contributed by atoms with Gasteiger partial charge in [0.2, 0.25) is 0 Å². The second-order valence-corrected chi connectivity index (χ2v) is 7.60. The van der Waals surface area contributed by atoms with E-state index in [0.29, 0.717) is 17.1 Å². The number of rotatable bonds is 4. The molecule has 1 aliphatic carbocycles. The predicted octanol–water partition coefficient (Wildman–Crippen LogP) is 3.42. The highest BCUT2D eigenvalue weighted by Crippen LogP contribution is 2.44. The van der Waals surface area contributed by atoms with Gasteiger partial charge in [0, 0.05) is 41.6 Å². The predicted molar refractivity (Wildman–Crippen MR) is 119 cm³/mol. The molecule has 0 spiro atoms. The second kappa shape index (κ2) is 8.94. The molecule has 0 saturated heterocycles. The van der Waals surface area contributed by atoms with E-state index in [1.54, 1.807) is 12.1 Å². The van der Waals surface area contributed by atoms with Gasteiger partial charge >= 0.3 is 0 Å². The maximum Gasteiger partial charge on any atom is 0.191 e. The lowest BCUT2D eigenvalue weighted by molar-refractivity contribution is 0.392. The SMILES string of the molecule is CCN=C(NC1CCc2nc(C)nn2C1)NC1CC1c1c(F)cccc1Cl.I. The van der Waals surface area contributed by atoms with Gasteiger partial charge in [-0.3, -0.25) is 4.99 Å². The normalized spacial score (nSPS) is 23.6. The Kier molecular flexibility index (Phi) is 6.80. The fraction of sp³-hybridized carbons (Fsp3) is 0.526. The summed E-state index contributed by atoms with van der Waals surface area (Å²) < 4.78 is 16.1. The monoisotopic (exact) mass is 518 g/mol. The highest BCUT2D eigenvalue weighted by atomic mass is 127. The number of aromatic nitrogens is 3. The average molecular weight is 519 g/mol. The number of fused-ring (bicyclic) bond motifs is 1. The van der Waals surface area contributed by atoms with Crippen LogP contribution in [-0.2, 0) is 13.0 Å². The zero-order chi connectivity index (χ0) is 19.0. The largest absolute Gasteiger partial charge is 0.353 e. The van der Waals surface area contributed by atoms with Gasteiger partial charge in [-0.05, 0) is 38.8 Å². The summed E-state index contributed by atoms with van der Waals surface area (Å²) in [6, 6.07) is 5.24. The first-order valence-electron chi connectivity index (χ1n) is 9.47. The lowest BCUT2D eigenvalue weighted by Crippen LogP contribution is -2.48. The first-order valence-corrected chi connectivity index (χ1v) is 9.84. The molecule has 3 atom stereocenters. The summed E-state index contributed by atoms with van der Waals surface area (Å²) >= 11 is 6.20. The van der Waals surface area contributed by atoms with Gasteiger partial charge in [-0.15, -0.1) is 24.0 Å². The van der Waals surface area contributed by atoms with E-state index in [1.165, 1.54) is 6.07 Å². The molecule has 2 aromatic rings. The molecule has 28 heavy (non-hydrogen) atoms. The van der Waals surface area contributed by atoms with E-state index in [1.807, 2.05) is 18.5 Å². The van der Waals surface area contributed by atoms with Crippen molar-refractivity contribution in [3.63, 3.8) is 0 Å². The quantitative estimate of drug-likeness (QED) is 0.370. The number of halogens is 3. The van der Waals surface area contributed by atoms with Crippen molar-refractivity contribution in [2.75, 3.05) is 6.54 Å². The van der Waals surface area contributed by atoms with Crippen molar-refractivity contribution in [2.24, 2.45) is 4.99 Å². The summed E-state index contributed by atoms with van der Waals surface area (Å²) in [4.78, 5) is 9.00. The molecule has 0 radical (unpaired) electrons. The van der Waals surface area contributed by atoms with Crippen molar-refractivity contribution >= 4 is 41.5 Å². The van der Waals surface area contributed by atoms with Gasteiger partial charge in [-0.25, -0.2) is 14.1 Å². The maximum atomic E-state index is 14.1. The van der Waals surface area contributed by atoms with Crippen LogP contribution in [0.1, 0.15) is 42.9 Å². The van der Waals surface area contributed by atoms with Gasteiger partial charge in [0.1, 0.15) is 17.5 Å². The standard InChI is InChI=1S/C19H24ClFN6.HI/c1-3-22-19(24-12-7-8-17-23-11(2)26-27(17)10-12)25-16-9-13(16)18-14(20)5-4-6-15(18)21;/h4-6,12-13,16H,3,7-10H2,1-2H3,(H2,22,24,25);1H. The van der Waals surface area contributed by atoms with Crippen molar-refractivity contribution in [3.8, 4) is 0 Å². The Bertz CT molecular complexity index is 850. The number of guanidine groups is 1. The molecule has 1 aliphatic heterocycles. The first kappa shape index (κ1) is 21.3. The molecule has 1 aromatic carbocycles. The molecule has 3 unspecified atom stereocenters. The molecular weight excluding hydrogens is 494 g/mol. The zero-order valence-electron chi connectivity index (χ0n) is 16.0. The average Bonchev–Trinajstić information content (AvgIpc) is 3.24. The first-order chi connectivity index (χ1) is 13.0. The molecule has 0 bridgehead atoms. The number of hydrogen-bond acceptors (Lipinski definition) is 3. The molecule has 1 aromatic heterocycles. The summed E-state index contributed by atoms with van der Waals surface area (Å²) in [5.74, 6) is 2.47. The summed E-state index contributed by atoms with van der Waals surface area (Å²) in [5, 5.41) is 11.9. The minimum Gasteiger partial charge on any atom is -0.353 e. The Morgan fingerprint density at radius 2 is 2.21 bits per heavy atom. The van der Waals surface area contributed by atoms with Gasteiger partial charge in [-0.2, -0.15) is 5.10 Å². The third-order valence-electron chi connectivity index (χ3n) is 5.10. The van der Waals surface area contributed by atoms with Gasteiger partial charge in [-0.1, -0.05) is 17.7 Å². The molecule has 1 fully saturated rings. The van der Waals surface area contributed by atoms with E-state index in [0.717, 1.165) is 43.4 Å². The van der Waals surface area contributed by atoms with Crippen LogP contribution in [0.15, 0.2) is 23.2 Å². The minimum absolute atomic E-state index is 0. The number of benzene rings is 1. The van der Waals surface area contributed by atoms with Crippen LogP contribution < -0.4 is 10.6 Å². The van der Waals surface area contributed by atoms with E-state index in [9.17, 15) is 4.39 Å². The zero-order valence-corrected chi connectivity index (χ0v) is 19.0. The topological polar surface area (TPSA) is 67.1 Å². The maximum absolute atomic E-state index is 14.1. The summed E-state index contributed by atoms with van der Waals surface area (Å²) in [7, 11) is 0. The van der Waals surface area contributed by atoms with Crippen molar-refractivity contribution in [3.05, 3.63) is 46.3 Å². The minimum atomic E-state index is -0.236. The highest BCUT2D eigenvalue weighted by molar-refractivity contribution is 14.0. The van der Waals surface area contributed by atoms with Crippen molar-refractivity contribution in [1.82, 2.24) is 25.4 Å². The summed E-state index contributed by atoms with van der Waals surface area (Å²) in [5.41, 5.74) is 0.605. The van der Waals surface area contributed by atoms with Gasteiger partial charge < -0.3 is 10.6 Å². The molecule has 0 amide bonds. The summed E-state index contributed by atoms with van der Waals surface area (Å²) in [6.07, 6.45) is 2.73. The van der Waals surface area contributed by atoms with Crippen molar-refractivity contribution in [2.45, 2.75) is 57.7 Å². The molecule has 2 aliphatic rings. The van der Waals surface area contributed by atoms with Crippen molar-refractivity contribution in [1.29, 1.82) is 0 Å². The third kappa shape index (κ3) is 4.59. The fourth-order valence-corrected chi connectivity index (χ4v) is 4.05. The number of aliphatic imine (C=N–C) groups is 1. The lowest BCUT2D eigenvalue weighted by Gasteiger charge is -2.25. The molecule has 152 valence electrons. The van der Waals surface area contributed by atoms with E-state index >= 15 is 0 Å². The number of hydrogen-bond donors (Lipinski definition) is 2. The van der Waals surface area contributed by atoms with Crippen LogP contribution in [-0.4, -0.2) is 39.4 Å². The van der Waals surface area contributed by atoms with Crippen LogP contribution in [0.25, 0.3) is 0 Å². The van der Waals surface area contributed by atoms with E-state index in [4.69, 9.17) is 11.6 Å². The number of aryl methyl sites for hydroxylation is 2. The summed E-state index contributed by atoms with van der Waals surface area (Å²) in [6.45, 7) is 5.36. The van der Waals surface area contributed by atoms with Gasteiger partial charge in [0.05, 0.1) is 6.54 Å². The Labute approximate surface area is 186 Å². The Morgan fingerprint density at radius 3 is 2.96 bits per heavy atom. The van der Waals surface area contributed by atoms with Gasteiger partial charge in [0.15, 0.2) is 5.96 Å².